The third-order valence-corrected chi connectivity index (χ3v) is 4.36. The number of anilines is 1. The summed E-state index contributed by atoms with van der Waals surface area (Å²) in [5.74, 6) is -1.20. The van der Waals surface area contributed by atoms with E-state index in [0.717, 1.165) is 34.8 Å². The van der Waals surface area contributed by atoms with E-state index in [0.29, 0.717) is 13.2 Å². The minimum absolute atomic E-state index is 0.137. The molecule has 0 aliphatic carbocycles. The number of carbonyl (C=O) groups excluding carboxylic acids is 3. The number of benzene rings is 1. The van der Waals surface area contributed by atoms with Gasteiger partial charge < -0.3 is 19.7 Å². The Bertz CT molecular complexity index is 768. The fraction of sp³-hybridized carbons (Fsp3) is 0.389. The molecule has 2 saturated heterocycles. The zero-order chi connectivity index (χ0) is 18.7. The van der Waals surface area contributed by atoms with Crippen LogP contribution in [-0.4, -0.2) is 62.8 Å². The van der Waals surface area contributed by atoms with E-state index in [1.54, 1.807) is 6.08 Å². The Labute approximate surface area is 151 Å². The van der Waals surface area contributed by atoms with Crippen LogP contribution in [0.25, 0.3) is 6.08 Å². The predicted octanol–water partition coefficient (Wildman–Crippen LogP) is 0.897. The summed E-state index contributed by atoms with van der Waals surface area (Å²) in [6.45, 7) is 4.71. The van der Waals surface area contributed by atoms with Gasteiger partial charge in [0.05, 0.1) is 20.3 Å². The van der Waals surface area contributed by atoms with Gasteiger partial charge >= 0.3 is 12.0 Å². The van der Waals surface area contributed by atoms with Gasteiger partial charge in [0.1, 0.15) is 12.2 Å². The van der Waals surface area contributed by atoms with E-state index in [-0.39, 0.29) is 5.70 Å². The molecule has 1 aromatic rings. The molecule has 8 heteroatoms. The number of hydrogen-bond acceptors (Lipinski definition) is 6. The number of methoxy groups -OCH3 is 1. The van der Waals surface area contributed by atoms with Gasteiger partial charge in [0.25, 0.3) is 5.91 Å². The number of hydrogen-bond donors (Lipinski definition) is 1. The van der Waals surface area contributed by atoms with Crippen molar-refractivity contribution in [3.8, 4) is 0 Å². The number of ether oxygens (including phenoxy) is 2. The van der Waals surface area contributed by atoms with E-state index < -0.39 is 24.5 Å². The average Bonchev–Trinajstić information content (AvgIpc) is 2.90. The summed E-state index contributed by atoms with van der Waals surface area (Å²) < 4.78 is 9.88. The number of rotatable bonds is 4. The maximum Gasteiger partial charge on any atom is 0.329 e. The smallest absolute Gasteiger partial charge is 0.329 e. The summed E-state index contributed by atoms with van der Waals surface area (Å²) in [5.41, 5.74) is 3.13. The molecule has 1 N–H and O–H groups in total. The highest BCUT2D eigenvalue weighted by Crippen LogP contribution is 2.24. The van der Waals surface area contributed by atoms with E-state index in [2.05, 4.69) is 15.0 Å². The highest BCUT2D eigenvalue weighted by Gasteiger charge is 2.35. The highest BCUT2D eigenvalue weighted by molar-refractivity contribution is 6.15. The molecule has 0 radical (unpaired) electrons. The van der Waals surface area contributed by atoms with Crippen LogP contribution in [0.2, 0.25) is 0 Å². The van der Waals surface area contributed by atoms with Gasteiger partial charge in [-0.05, 0) is 36.3 Å². The van der Waals surface area contributed by atoms with Crippen molar-refractivity contribution in [3.05, 3.63) is 35.0 Å². The summed E-state index contributed by atoms with van der Waals surface area (Å²) in [5, 5.41) is 2.49. The van der Waals surface area contributed by atoms with Crippen LogP contribution in [0.15, 0.2) is 23.9 Å². The van der Waals surface area contributed by atoms with Gasteiger partial charge in [0.15, 0.2) is 0 Å². The third kappa shape index (κ3) is 3.70. The van der Waals surface area contributed by atoms with Crippen molar-refractivity contribution in [2.75, 3.05) is 44.9 Å². The number of urea groups is 1. The molecule has 0 spiro atoms. The zero-order valence-electron chi connectivity index (χ0n) is 14.8. The molecule has 138 valence electrons. The molecule has 1 aromatic carbocycles. The second-order valence-corrected chi connectivity index (χ2v) is 6.10. The van der Waals surface area contributed by atoms with Crippen LogP contribution < -0.4 is 10.2 Å². The number of amides is 3. The summed E-state index contributed by atoms with van der Waals surface area (Å²) in [7, 11) is 1.20. The normalized spacial score (nSPS) is 19.1. The monoisotopic (exact) mass is 359 g/mol. The molecule has 3 rings (SSSR count). The van der Waals surface area contributed by atoms with Crippen LogP contribution in [0.5, 0.6) is 0 Å². The molecule has 2 aliphatic rings. The zero-order valence-corrected chi connectivity index (χ0v) is 14.8. The fourth-order valence-corrected chi connectivity index (χ4v) is 3.00. The number of imide groups is 1. The Morgan fingerprint density at radius 3 is 2.69 bits per heavy atom. The first-order valence-electron chi connectivity index (χ1n) is 8.34. The molecule has 0 bridgehead atoms. The van der Waals surface area contributed by atoms with Crippen molar-refractivity contribution >= 4 is 29.7 Å². The molecular formula is C18H21N3O5. The first-order valence-corrected chi connectivity index (χ1v) is 8.34. The van der Waals surface area contributed by atoms with Gasteiger partial charge in [0.2, 0.25) is 0 Å². The quantitative estimate of drug-likeness (QED) is 0.488. The molecule has 0 saturated carbocycles. The largest absolute Gasteiger partial charge is 0.468 e. The lowest BCUT2D eigenvalue weighted by Gasteiger charge is -2.30. The van der Waals surface area contributed by atoms with Crippen LogP contribution in [0.3, 0.4) is 0 Å². The second kappa shape index (κ2) is 7.57. The lowest BCUT2D eigenvalue weighted by Crippen LogP contribution is -2.36. The highest BCUT2D eigenvalue weighted by atomic mass is 16.5. The average molecular weight is 359 g/mol. The van der Waals surface area contributed by atoms with Crippen LogP contribution >= 0.6 is 0 Å². The van der Waals surface area contributed by atoms with Gasteiger partial charge in [-0.25, -0.2) is 9.69 Å². The van der Waals surface area contributed by atoms with E-state index in [4.69, 9.17) is 4.74 Å². The van der Waals surface area contributed by atoms with E-state index in [1.165, 1.54) is 7.11 Å². The first kappa shape index (κ1) is 17.9. The molecule has 26 heavy (non-hydrogen) atoms. The standard InChI is InChI=1S/C18H21N3O5/c1-12-9-13(3-4-15(12)20-5-7-26-8-6-20)10-14-17(23)21(18(24)19-14)11-16(22)25-2/h3-4,9-10H,5-8,11H2,1-2H3,(H,19,24)/b14-10+. The maximum absolute atomic E-state index is 12.3. The molecular weight excluding hydrogens is 338 g/mol. The second-order valence-electron chi connectivity index (χ2n) is 6.10. The van der Waals surface area contributed by atoms with Gasteiger partial charge in [-0.2, -0.15) is 0 Å². The van der Waals surface area contributed by atoms with Crippen LogP contribution in [0, 0.1) is 6.92 Å². The number of nitrogens with one attached hydrogen (secondary N) is 1. The van der Waals surface area contributed by atoms with Crippen molar-refractivity contribution in [2.45, 2.75) is 6.92 Å². The summed E-state index contributed by atoms with van der Waals surface area (Å²) in [6.07, 6.45) is 1.60. The minimum Gasteiger partial charge on any atom is -0.468 e. The maximum atomic E-state index is 12.3. The fourth-order valence-electron chi connectivity index (χ4n) is 3.00. The SMILES string of the molecule is COC(=O)CN1C(=O)N/C(=C/c2ccc(N3CCOCC3)c(C)c2)C1=O. The number of morpholine rings is 1. The predicted molar refractivity (Wildman–Crippen MR) is 94.4 cm³/mol. The van der Waals surface area contributed by atoms with Crippen molar-refractivity contribution < 1.29 is 23.9 Å². The van der Waals surface area contributed by atoms with Crippen LogP contribution in [-0.2, 0) is 19.1 Å². The Morgan fingerprint density at radius 2 is 2.04 bits per heavy atom. The lowest BCUT2D eigenvalue weighted by atomic mass is 10.1. The molecule has 0 unspecified atom stereocenters. The summed E-state index contributed by atoms with van der Waals surface area (Å²) in [6, 6.07) is 5.22. The van der Waals surface area contributed by atoms with Gasteiger partial charge in [-0.1, -0.05) is 6.07 Å². The molecule has 2 aliphatic heterocycles. The van der Waals surface area contributed by atoms with Crippen molar-refractivity contribution in [2.24, 2.45) is 0 Å². The van der Waals surface area contributed by atoms with Gasteiger partial charge in [-0.3, -0.25) is 9.59 Å². The Hall–Kier alpha value is -2.87. The number of nitrogens with zero attached hydrogens (tertiary/aromatic N) is 2. The Kier molecular flexibility index (Phi) is 5.22. The van der Waals surface area contributed by atoms with Crippen molar-refractivity contribution in [1.82, 2.24) is 10.2 Å². The molecule has 3 amide bonds. The minimum atomic E-state index is -0.652. The first-order chi connectivity index (χ1) is 12.5. The third-order valence-electron chi connectivity index (χ3n) is 4.36. The van der Waals surface area contributed by atoms with E-state index in [1.807, 2.05) is 25.1 Å². The Balaban J connectivity index is 1.77. The van der Waals surface area contributed by atoms with Crippen molar-refractivity contribution in [3.63, 3.8) is 0 Å². The molecule has 2 fully saturated rings. The van der Waals surface area contributed by atoms with E-state index >= 15 is 0 Å². The van der Waals surface area contributed by atoms with Crippen LogP contribution in [0.4, 0.5) is 10.5 Å². The van der Waals surface area contributed by atoms with Crippen molar-refractivity contribution in [1.29, 1.82) is 0 Å². The summed E-state index contributed by atoms with van der Waals surface area (Å²) >= 11 is 0. The molecule has 8 nitrogen and oxygen atoms in total. The number of esters is 1. The molecule has 0 aromatic heterocycles. The lowest BCUT2D eigenvalue weighted by molar-refractivity contribution is -0.143. The van der Waals surface area contributed by atoms with Gasteiger partial charge in [-0.15, -0.1) is 0 Å². The molecule has 2 heterocycles. The topological polar surface area (TPSA) is 88.2 Å². The number of carbonyl (C=O) groups is 3. The van der Waals surface area contributed by atoms with Crippen LogP contribution in [0.1, 0.15) is 11.1 Å². The molecule has 0 atom stereocenters. The van der Waals surface area contributed by atoms with E-state index in [9.17, 15) is 14.4 Å². The summed E-state index contributed by atoms with van der Waals surface area (Å²) in [4.78, 5) is 38.6. The van der Waals surface area contributed by atoms with Gasteiger partial charge in [0, 0.05) is 18.8 Å². The number of aryl methyl sites for hydroxylation is 1. The Morgan fingerprint density at radius 1 is 1.31 bits per heavy atom.